The van der Waals surface area contributed by atoms with Gasteiger partial charge in [0.25, 0.3) is 5.91 Å². The van der Waals surface area contributed by atoms with Gasteiger partial charge in [0.2, 0.25) is 0 Å². The monoisotopic (exact) mass is 292 g/mol. The smallest absolute Gasteiger partial charge is 0.262 e. The number of aromatic nitrogens is 1. The van der Waals surface area contributed by atoms with Crippen molar-refractivity contribution in [3.8, 4) is 12.1 Å². The summed E-state index contributed by atoms with van der Waals surface area (Å²) in [4.78, 5) is 12.0. The van der Waals surface area contributed by atoms with E-state index in [-0.39, 0.29) is 18.2 Å². The first-order valence-corrected chi connectivity index (χ1v) is 6.94. The van der Waals surface area contributed by atoms with Gasteiger partial charge in [-0.3, -0.25) is 4.79 Å². The molecular formula is C17H16N4O. The summed E-state index contributed by atoms with van der Waals surface area (Å²) in [7, 11) is 0. The Hall–Kier alpha value is -3.05. The number of rotatable bonds is 4. The summed E-state index contributed by atoms with van der Waals surface area (Å²) in [6, 6.07) is 11.6. The van der Waals surface area contributed by atoms with Gasteiger partial charge >= 0.3 is 0 Å². The number of carbonyl (C=O) groups is 1. The molecule has 0 atom stereocenters. The predicted molar refractivity (Wildman–Crippen MR) is 84.4 cm³/mol. The van der Waals surface area contributed by atoms with Gasteiger partial charge in [0.15, 0.2) is 0 Å². The van der Waals surface area contributed by atoms with Crippen molar-refractivity contribution in [1.29, 1.82) is 10.5 Å². The normalized spacial score (nSPS) is 11.2. The highest BCUT2D eigenvalue weighted by molar-refractivity contribution is 6.04. The zero-order valence-corrected chi connectivity index (χ0v) is 12.5. The predicted octanol–water partition coefficient (Wildman–Crippen LogP) is 2.60. The van der Waals surface area contributed by atoms with Crippen molar-refractivity contribution in [3.63, 3.8) is 0 Å². The molecule has 5 nitrogen and oxygen atoms in total. The fourth-order valence-electron chi connectivity index (χ4n) is 2.24. The average Bonchev–Trinajstić information content (AvgIpc) is 2.83. The third-order valence-corrected chi connectivity index (χ3v) is 3.15. The molecule has 2 rings (SSSR count). The van der Waals surface area contributed by atoms with Gasteiger partial charge in [0, 0.05) is 28.7 Å². The molecule has 1 aromatic carbocycles. The van der Waals surface area contributed by atoms with E-state index in [1.165, 1.54) is 0 Å². The standard InChI is InChI=1S/C17H16N4O/c1-12(2)20-17(22)13(10-19)9-14-11-21(8-7-18)16-6-4-3-5-15(14)16/h3-6,9,11-12H,8H2,1-2H3,(H,20,22)/b13-9-. The van der Waals surface area contributed by atoms with Crippen LogP contribution in [0.1, 0.15) is 19.4 Å². The number of benzene rings is 1. The average molecular weight is 292 g/mol. The third-order valence-electron chi connectivity index (χ3n) is 3.15. The van der Waals surface area contributed by atoms with Crippen LogP contribution in [0.2, 0.25) is 0 Å². The van der Waals surface area contributed by atoms with E-state index in [9.17, 15) is 10.1 Å². The molecule has 1 aromatic heterocycles. The minimum atomic E-state index is -0.394. The molecule has 0 unspecified atom stereocenters. The fourth-order valence-corrected chi connectivity index (χ4v) is 2.24. The van der Waals surface area contributed by atoms with Gasteiger partial charge in [-0.1, -0.05) is 18.2 Å². The minimum Gasteiger partial charge on any atom is -0.349 e. The van der Waals surface area contributed by atoms with Crippen molar-refractivity contribution in [3.05, 3.63) is 41.6 Å². The first kappa shape index (κ1) is 15.3. The Kier molecular flexibility index (Phi) is 4.60. The number of hydrogen-bond acceptors (Lipinski definition) is 3. The lowest BCUT2D eigenvalue weighted by atomic mass is 10.1. The lowest BCUT2D eigenvalue weighted by molar-refractivity contribution is -0.117. The first-order valence-electron chi connectivity index (χ1n) is 6.94. The van der Waals surface area contributed by atoms with E-state index in [0.717, 1.165) is 16.5 Å². The molecule has 0 bridgehead atoms. The van der Waals surface area contributed by atoms with Crippen LogP contribution in [-0.4, -0.2) is 16.5 Å². The molecule has 0 spiro atoms. The lowest BCUT2D eigenvalue weighted by Crippen LogP contribution is -2.30. The molecule has 0 saturated heterocycles. The van der Waals surface area contributed by atoms with E-state index in [4.69, 9.17) is 5.26 Å². The van der Waals surface area contributed by atoms with Crippen LogP contribution in [0.25, 0.3) is 17.0 Å². The quantitative estimate of drug-likeness (QED) is 0.694. The molecule has 5 heteroatoms. The highest BCUT2D eigenvalue weighted by atomic mass is 16.1. The van der Waals surface area contributed by atoms with Crippen molar-refractivity contribution in [2.45, 2.75) is 26.4 Å². The summed E-state index contributed by atoms with van der Waals surface area (Å²) < 4.78 is 1.80. The first-order chi connectivity index (χ1) is 10.6. The van der Waals surface area contributed by atoms with E-state index in [1.54, 1.807) is 16.8 Å². The summed E-state index contributed by atoms with van der Waals surface area (Å²) in [5.74, 6) is -0.394. The second kappa shape index (κ2) is 6.60. The van der Waals surface area contributed by atoms with Gasteiger partial charge < -0.3 is 9.88 Å². The number of nitriles is 2. The van der Waals surface area contributed by atoms with Gasteiger partial charge in [0.05, 0.1) is 6.07 Å². The molecule has 0 aliphatic heterocycles. The van der Waals surface area contributed by atoms with Crippen LogP contribution in [0.4, 0.5) is 0 Å². The number of amides is 1. The zero-order chi connectivity index (χ0) is 16.1. The van der Waals surface area contributed by atoms with E-state index >= 15 is 0 Å². The zero-order valence-electron chi connectivity index (χ0n) is 12.5. The number of carbonyl (C=O) groups excluding carboxylic acids is 1. The molecule has 2 aromatic rings. The fraction of sp³-hybridized carbons (Fsp3) is 0.235. The summed E-state index contributed by atoms with van der Waals surface area (Å²) in [6.45, 7) is 3.89. The maximum Gasteiger partial charge on any atom is 0.262 e. The van der Waals surface area contributed by atoms with Gasteiger partial charge in [-0.25, -0.2) is 0 Å². The van der Waals surface area contributed by atoms with Crippen molar-refractivity contribution in [2.75, 3.05) is 0 Å². The summed E-state index contributed by atoms with van der Waals surface area (Å²) in [5.41, 5.74) is 1.70. The summed E-state index contributed by atoms with van der Waals surface area (Å²) in [5, 5.41) is 21.7. The van der Waals surface area contributed by atoms with Gasteiger partial charge in [-0.05, 0) is 26.0 Å². The molecule has 0 fully saturated rings. The van der Waals surface area contributed by atoms with Crippen LogP contribution in [0.3, 0.4) is 0 Å². The number of hydrogen-bond donors (Lipinski definition) is 1. The Morgan fingerprint density at radius 2 is 2.09 bits per heavy atom. The Balaban J connectivity index is 2.50. The third kappa shape index (κ3) is 3.16. The molecule has 0 radical (unpaired) electrons. The van der Waals surface area contributed by atoms with E-state index < -0.39 is 5.91 Å². The number of para-hydroxylation sites is 1. The highest BCUT2D eigenvalue weighted by Gasteiger charge is 2.12. The second-order valence-electron chi connectivity index (χ2n) is 5.19. The van der Waals surface area contributed by atoms with Gasteiger partial charge in [0.1, 0.15) is 18.2 Å². The molecule has 22 heavy (non-hydrogen) atoms. The second-order valence-corrected chi connectivity index (χ2v) is 5.19. The number of nitrogens with one attached hydrogen (secondary N) is 1. The van der Waals surface area contributed by atoms with Crippen molar-refractivity contribution >= 4 is 22.9 Å². The van der Waals surface area contributed by atoms with Crippen LogP contribution in [-0.2, 0) is 11.3 Å². The van der Waals surface area contributed by atoms with E-state index in [0.29, 0.717) is 0 Å². The molecular weight excluding hydrogens is 276 g/mol. The maximum absolute atomic E-state index is 12.0. The van der Waals surface area contributed by atoms with Crippen molar-refractivity contribution in [2.24, 2.45) is 0 Å². The van der Waals surface area contributed by atoms with Crippen LogP contribution in [0.5, 0.6) is 0 Å². The molecule has 1 amide bonds. The molecule has 110 valence electrons. The lowest BCUT2D eigenvalue weighted by Gasteiger charge is -2.06. The van der Waals surface area contributed by atoms with Crippen LogP contribution >= 0.6 is 0 Å². The molecule has 1 heterocycles. The van der Waals surface area contributed by atoms with E-state index in [2.05, 4.69) is 11.4 Å². The van der Waals surface area contributed by atoms with Crippen LogP contribution < -0.4 is 5.32 Å². The summed E-state index contributed by atoms with van der Waals surface area (Å²) in [6.07, 6.45) is 3.35. The molecule has 0 aliphatic carbocycles. The van der Waals surface area contributed by atoms with E-state index in [1.807, 2.05) is 44.2 Å². The van der Waals surface area contributed by atoms with Gasteiger partial charge in [-0.15, -0.1) is 0 Å². The number of nitrogens with zero attached hydrogens (tertiary/aromatic N) is 3. The van der Waals surface area contributed by atoms with Gasteiger partial charge in [-0.2, -0.15) is 10.5 Å². The minimum absolute atomic E-state index is 0.0378. The van der Waals surface area contributed by atoms with Crippen LogP contribution in [0, 0.1) is 22.7 Å². The molecule has 0 aliphatic rings. The SMILES string of the molecule is CC(C)NC(=O)/C(C#N)=C\c1cn(CC#N)c2ccccc12. The Bertz CT molecular complexity index is 815. The summed E-state index contributed by atoms with van der Waals surface area (Å²) >= 11 is 0. The molecule has 0 saturated carbocycles. The maximum atomic E-state index is 12.0. The van der Waals surface area contributed by atoms with Crippen molar-refractivity contribution < 1.29 is 4.79 Å². The Morgan fingerprint density at radius 1 is 1.36 bits per heavy atom. The Labute approximate surface area is 129 Å². The molecule has 1 N–H and O–H groups in total. The largest absolute Gasteiger partial charge is 0.349 e. The van der Waals surface area contributed by atoms with Crippen molar-refractivity contribution in [1.82, 2.24) is 9.88 Å². The Morgan fingerprint density at radius 3 is 2.73 bits per heavy atom. The number of fused-ring (bicyclic) bond motifs is 1. The highest BCUT2D eigenvalue weighted by Crippen LogP contribution is 2.23. The van der Waals surface area contributed by atoms with Crippen LogP contribution in [0.15, 0.2) is 36.0 Å². The topological polar surface area (TPSA) is 81.6 Å².